The number of benzene rings is 2. The Bertz CT molecular complexity index is 813. The molecule has 0 saturated heterocycles. The van der Waals surface area contributed by atoms with E-state index < -0.39 is 9.84 Å². The third-order valence-corrected chi connectivity index (χ3v) is 4.38. The number of nitrogens with one attached hydrogen (secondary N) is 1. The first-order valence-electron chi connectivity index (χ1n) is 7.84. The van der Waals surface area contributed by atoms with Crippen molar-refractivity contribution in [2.24, 2.45) is 5.73 Å². The minimum absolute atomic E-state index is 0. The highest BCUT2D eigenvalue weighted by atomic mass is 35.5. The number of amides is 1. The number of hydrogen-bond acceptors (Lipinski definition) is 5. The zero-order chi connectivity index (χ0) is 18.3. The number of anilines is 1. The number of halogens is 1. The number of carbonyl (C=O) groups excluding carboxylic acids is 1. The van der Waals surface area contributed by atoms with Crippen molar-refractivity contribution in [2.75, 3.05) is 23.9 Å². The van der Waals surface area contributed by atoms with Gasteiger partial charge in [0.1, 0.15) is 12.4 Å². The molecule has 6 nitrogen and oxygen atoms in total. The van der Waals surface area contributed by atoms with Crippen LogP contribution in [0.15, 0.2) is 54.6 Å². The van der Waals surface area contributed by atoms with E-state index >= 15 is 0 Å². The van der Waals surface area contributed by atoms with E-state index in [9.17, 15) is 13.2 Å². The fraction of sp³-hybridized carbons (Fsp3) is 0.278. The zero-order valence-corrected chi connectivity index (χ0v) is 16.1. The Morgan fingerprint density at radius 3 is 2.50 bits per heavy atom. The summed E-state index contributed by atoms with van der Waals surface area (Å²) in [6.45, 7) is 0.0646. The summed E-state index contributed by atoms with van der Waals surface area (Å²) in [6, 6.07) is 15.8. The van der Waals surface area contributed by atoms with Crippen LogP contribution in [0.4, 0.5) is 5.69 Å². The molecule has 2 aromatic carbocycles. The molecule has 0 fully saturated rings. The smallest absolute Gasteiger partial charge is 0.226 e. The topological polar surface area (TPSA) is 98.5 Å². The molecule has 0 aliphatic carbocycles. The molecule has 8 heteroatoms. The standard InChI is InChI=1S/C18H22N2O4S.ClH/c1-25(22,23)11-10-24-16-9-5-8-15(12-16)20-18(21)13-17(19)14-6-3-2-4-7-14;/h2-9,12,17H,10-11,13,19H2,1H3,(H,20,21);1H. The van der Waals surface area contributed by atoms with E-state index in [0.717, 1.165) is 11.8 Å². The van der Waals surface area contributed by atoms with Gasteiger partial charge in [0, 0.05) is 30.5 Å². The number of rotatable bonds is 8. The minimum Gasteiger partial charge on any atom is -0.492 e. The van der Waals surface area contributed by atoms with Crippen LogP contribution < -0.4 is 15.8 Å². The zero-order valence-electron chi connectivity index (χ0n) is 14.4. The molecule has 0 heterocycles. The third kappa shape index (κ3) is 7.86. The molecule has 3 N–H and O–H groups in total. The Kier molecular flexibility index (Phi) is 8.57. The van der Waals surface area contributed by atoms with Crippen LogP contribution >= 0.6 is 12.4 Å². The lowest BCUT2D eigenvalue weighted by atomic mass is 10.0. The molecule has 0 radical (unpaired) electrons. The van der Waals surface area contributed by atoms with Crippen molar-refractivity contribution in [1.29, 1.82) is 0 Å². The summed E-state index contributed by atoms with van der Waals surface area (Å²) in [5.41, 5.74) is 7.51. The number of hydrogen-bond donors (Lipinski definition) is 2. The first kappa shape index (κ1) is 22.0. The Hall–Kier alpha value is -2.09. The summed E-state index contributed by atoms with van der Waals surface area (Å²) >= 11 is 0. The lowest BCUT2D eigenvalue weighted by molar-refractivity contribution is -0.116. The van der Waals surface area contributed by atoms with Gasteiger partial charge in [-0.25, -0.2) is 8.42 Å². The maximum Gasteiger partial charge on any atom is 0.226 e. The maximum atomic E-state index is 12.1. The van der Waals surface area contributed by atoms with Crippen molar-refractivity contribution in [3.8, 4) is 5.75 Å². The van der Waals surface area contributed by atoms with Crippen LogP contribution in [0.2, 0.25) is 0 Å². The van der Waals surface area contributed by atoms with Crippen LogP contribution in [0.25, 0.3) is 0 Å². The monoisotopic (exact) mass is 398 g/mol. The molecule has 1 amide bonds. The van der Waals surface area contributed by atoms with Gasteiger partial charge in [0.25, 0.3) is 0 Å². The number of carbonyl (C=O) groups is 1. The fourth-order valence-electron chi connectivity index (χ4n) is 2.20. The van der Waals surface area contributed by atoms with Crippen LogP contribution in [-0.2, 0) is 14.6 Å². The average molecular weight is 399 g/mol. The highest BCUT2D eigenvalue weighted by molar-refractivity contribution is 7.90. The first-order chi connectivity index (χ1) is 11.8. The minimum atomic E-state index is -3.07. The lowest BCUT2D eigenvalue weighted by Crippen LogP contribution is -2.20. The maximum absolute atomic E-state index is 12.1. The van der Waals surface area contributed by atoms with E-state index in [1.165, 1.54) is 0 Å². The molecule has 142 valence electrons. The molecule has 1 unspecified atom stereocenters. The first-order valence-corrected chi connectivity index (χ1v) is 9.90. The van der Waals surface area contributed by atoms with Crippen molar-refractivity contribution < 1.29 is 17.9 Å². The second kappa shape index (κ2) is 10.2. The molecule has 1 atom stereocenters. The van der Waals surface area contributed by atoms with Crippen molar-refractivity contribution in [2.45, 2.75) is 12.5 Å². The molecule has 0 bridgehead atoms. The van der Waals surface area contributed by atoms with Gasteiger partial charge in [-0.05, 0) is 17.7 Å². The summed E-state index contributed by atoms with van der Waals surface area (Å²) in [6.07, 6.45) is 1.31. The Labute approximate surface area is 160 Å². The van der Waals surface area contributed by atoms with Gasteiger partial charge in [-0.1, -0.05) is 36.4 Å². The van der Waals surface area contributed by atoms with E-state index in [2.05, 4.69) is 5.32 Å². The van der Waals surface area contributed by atoms with Crippen LogP contribution in [0.5, 0.6) is 5.75 Å². The summed E-state index contributed by atoms with van der Waals surface area (Å²) < 4.78 is 27.6. The summed E-state index contributed by atoms with van der Waals surface area (Å²) in [4.78, 5) is 12.1. The molecule has 2 rings (SSSR count). The molecule has 0 spiro atoms. The number of ether oxygens (including phenoxy) is 1. The third-order valence-electron chi connectivity index (χ3n) is 3.47. The van der Waals surface area contributed by atoms with E-state index in [-0.39, 0.29) is 43.1 Å². The van der Waals surface area contributed by atoms with Gasteiger partial charge >= 0.3 is 0 Å². The largest absolute Gasteiger partial charge is 0.492 e. The van der Waals surface area contributed by atoms with Gasteiger partial charge in [-0.15, -0.1) is 12.4 Å². The van der Waals surface area contributed by atoms with Gasteiger partial charge < -0.3 is 15.8 Å². The van der Waals surface area contributed by atoms with E-state index in [1.807, 2.05) is 30.3 Å². The van der Waals surface area contributed by atoms with Crippen LogP contribution in [0.1, 0.15) is 18.0 Å². The lowest BCUT2D eigenvalue weighted by Gasteiger charge is -2.13. The molecule has 26 heavy (non-hydrogen) atoms. The predicted octanol–water partition coefficient (Wildman–Crippen LogP) is 2.56. The van der Waals surface area contributed by atoms with Gasteiger partial charge in [0.2, 0.25) is 5.91 Å². The fourth-order valence-corrected chi connectivity index (χ4v) is 2.59. The van der Waals surface area contributed by atoms with Crippen LogP contribution in [0.3, 0.4) is 0 Å². The molecule has 0 saturated carbocycles. The summed E-state index contributed by atoms with van der Waals surface area (Å²) in [7, 11) is -3.07. The normalized spacial score (nSPS) is 11.9. The van der Waals surface area contributed by atoms with Crippen LogP contribution in [0, 0.1) is 0 Å². The molecule has 0 aromatic heterocycles. The molecule has 2 aromatic rings. The summed E-state index contributed by atoms with van der Waals surface area (Å²) in [5.74, 6) is 0.230. The Morgan fingerprint density at radius 2 is 1.85 bits per heavy atom. The van der Waals surface area contributed by atoms with Crippen molar-refractivity contribution in [3.63, 3.8) is 0 Å². The SMILES string of the molecule is CS(=O)(=O)CCOc1cccc(NC(=O)CC(N)c2ccccc2)c1.Cl. The van der Waals surface area contributed by atoms with Crippen molar-refractivity contribution in [1.82, 2.24) is 0 Å². The molecular weight excluding hydrogens is 376 g/mol. The van der Waals surface area contributed by atoms with Gasteiger partial charge in [-0.3, -0.25) is 4.79 Å². The summed E-state index contributed by atoms with van der Waals surface area (Å²) in [5, 5.41) is 2.77. The number of nitrogens with two attached hydrogens (primary N) is 1. The number of sulfone groups is 1. The molecule has 0 aliphatic rings. The second-order valence-electron chi connectivity index (χ2n) is 5.78. The second-order valence-corrected chi connectivity index (χ2v) is 8.04. The van der Waals surface area contributed by atoms with Gasteiger partial charge in [0.05, 0.1) is 5.75 Å². The highest BCUT2D eigenvalue weighted by Crippen LogP contribution is 2.19. The quantitative estimate of drug-likeness (QED) is 0.712. The van der Waals surface area contributed by atoms with Crippen molar-refractivity contribution in [3.05, 3.63) is 60.2 Å². The Morgan fingerprint density at radius 1 is 1.15 bits per heavy atom. The van der Waals surface area contributed by atoms with Gasteiger partial charge in [-0.2, -0.15) is 0 Å². The van der Waals surface area contributed by atoms with Gasteiger partial charge in [0.15, 0.2) is 9.84 Å². The highest BCUT2D eigenvalue weighted by Gasteiger charge is 2.12. The predicted molar refractivity (Wildman–Crippen MR) is 106 cm³/mol. The molecule has 0 aliphatic heterocycles. The van der Waals surface area contributed by atoms with E-state index in [0.29, 0.717) is 11.4 Å². The van der Waals surface area contributed by atoms with Crippen molar-refractivity contribution >= 4 is 33.8 Å². The molecular formula is C18H23ClN2O4S. The average Bonchev–Trinajstić information content (AvgIpc) is 2.54. The van der Waals surface area contributed by atoms with E-state index in [1.54, 1.807) is 24.3 Å². The van der Waals surface area contributed by atoms with E-state index in [4.69, 9.17) is 10.5 Å². The van der Waals surface area contributed by atoms with Crippen LogP contribution in [-0.4, -0.2) is 32.9 Å². The Balaban J connectivity index is 0.00000338.